The highest BCUT2D eigenvalue weighted by molar-refractivity contribution is 5.74. The van der Waals surface area contributed by atoms with Crippen LogP contribution in [-0.4, -0.2) is 28.2 Å². The Hall–Kier alpha value is -2.86. The summed E-state index contributed by atoms with van der Waals surface area (Å²) in [5, 5.41) is 13.2. The lowest BCUT2D eigenvalue weighted by atomic mass is 10.0. The second-order valence-corrected chi connectivity index (χ2v) is 6.35. The second kappa shape index (κ2) is 8.49. The van der Waals surface area contributed by atoms with Gasteiger partial charge in [-0.05, 0) is 29.5 Å². The summed E-state index contributed by atoms with van der Waals surface area (Å²) in [4.78, 5) is 29.1. The van der Waals surface area contributed by atoms with Gasteiger partial charge in [-0.3, -0.25) is 9.63 Å². The third kappa shape index (κ3) is 4.83. The molecule has 2 N–H and O–H groups in total. The molecule has 1 aliphatic heterocycles. The first-order chi connectivity index (χ1) is 12.6. The summed E-state index contributed by atoms with van der Waals surface area (Å²) in [7, 11) is 0. The summed E-state index contributed by atoms with van der Waals surface area (Å²) < 4.78 is 0. The van der Waals surface area contributed by atoms with Gasteiger partial charge in [0, 0.05) is 12.5 Å². The minimum atomic E-state index is -0.875. The molecule has 0 fully saturated rings. The van der Waals surface area contributed by atoms with Crippen LogP contribution in [0, 0.1) is 0 Å². The number of hydrogen-bond donors (Lipinski definition) is 2. The Morgan fingerprint density at radius 3 is 2.50 bits per heavy atom. The SMILES string of the molecule is O=C(O)CCC(Cc1ccccc1)NC(=O)N1Cc2ccccc2CO1. The molecular weight excluding hydrogens is 332 g/mol. The van der Waals surface area contributed by atoms with Crippen molar-refractivity contribution >= 4 is 12.0 Å². The zero-order valence-electron chi connectivity index (χ0n) is 14.4. The lowest BCUT2D eigenvalue weighted by Crippen LogP contribution is -2.46. The molecule has 26 heavy (non-hydrogen) atoms. The van der Waals surface area contributed by atoms with E-state index in [2.05, 4.69) is 5.32 Å². The smallest absolute Gasteiger partial charge is 0.341 e. The number of nitrogens with zero attached hydrogens (tertiary/aromatic N) is 1. The number of hydroxylamine groups is 2. The third-order valence-electron chi connectivity index (χ3n) is 4.39. The third-order valence-corrected chi connectivity index (χ3v) is 4.39. The Balaban J connectivity index is 1.63. The Morgan fingerprint density at radius 2 is 1.77 bits per heavy atom. The van der Waals surface area contributed by atoms with Crippen LogP contribution in [-0.2, 0) is 29.2 Å². The van der Waals surface area contributed by atoms with Crippen molar-refractivity contribution in [2.75, 3.05) is 0 Å². The van der Waals surface area contributed by atoms with Gasteiger partial charge < -0.3 is 10.4 Å². The Kier molecular flexibility index (Phi) is 5.86. The Bertz CT molecular complexity index is 763. The van der Waals surface area contributed by atoms with Crippen LogP contribution < -0.4 is 5.32 Å². The average Bonchev–Trinajstić information content (AvgIpc) is 2.66. The van der Waals surface area contributed by atoms with Crippen molar-refractivity contribution in [1.82, 2.24) is 10.4 Å². The van der Waals surface area contributed by atoms with Crippen LogP contribution in [0.2, 0.25) is 0 Å². The summed E-state index contributed by atoms with van der Waals surface area (Å²) >= 11 is 0. The zero-order chi connectivity index (χ0) is 18.4. The number of carboxylic acid groups (broad SMARTS) is 1. The lowest BCUT2D eigenvalue weighted by molar-refractivity contribution is -0.145. The predicted octanol–water partition coefficient (Wildman–Crippen LogP) is 3.12. The van der Waals surface area contributed by atoms with Gasteiger partial charge in [0.05, 0.1) is 6.54 Å². The van der Waals surface area contributed by atoms with Crippen molar-refractivity contribution in [3.63, 3.8) is 0 Å². The molecule has 2 amide bonds. The van der Waals surface area contributed by atoms with Crippen LogP contribution in [0.1, 0.15) is 29.5 Å². The van der Waals surface area contributed by atoms with E-state index in [1.165, 1.54) is 5.06 Å². The number of amides is 2. The fraction of sp³-hybridized carbons (Fsp3) is 0.300. The average molecular weight is 354 g/mol. The molecule has 0 bridgehead atoms. The minimum Gasteiger partial charge on any atom is -0.481 e. The number of nitrogens with one attached hydrogen (secondary N) is 1. The molecule has 0 radical (unpaired) electrons. The summed E-state index contributed by atoms with van der Waals surface area (Å²) in [6.45, 7) is 0.723. The molecule has 2 aromatic carbocycles. The number of carbonyl (C=O) groups excluding carboxylic acids is 1. The first kappa shape index (κ1) is 17.9. The van der Waals surface area contributed by atoms with Crippen molar-refractivity contribution in [1.29, 1.82) is 0 Å². The maximum atomic E-state index is 12.6. The molecule has 0 saturated carbocycles. The Labute approximate surface area is 152 Å². The van der Waals surface area contributed by atoms with Crippen LogP contribution >= 0.6 is 0 Å². The molecule has 2 aromatic rings. The molecule has 0 saturated heterocycles. The van der Waals surface area contributed by atoms with Gasteiger partial charge in [0.1, 0.15) is 6.61 Å². The highest BCUT2D eigenvalue weighted by atomic mass is 16.7. The minimum absolute atomic E-state index is 0.00146. The standard InChI is InChI=1S/C20H22N2O4/c23-19(24)11-10-18(12-15-6-2-1-3-7-15)21-20(25)22-13-16-8-4-5-9-17(16)14-26-22/h1-9,18H,10-14H2,(H,21,25)(H,23,24). The summed E-state index contributed by atoms with van der Waals surface area (Å²) in [6.07, 6.45) is 0.937. The van der Waals surface area contributed by atoms with Crippen molar-refractivity contribution in [2.24, 2.45) is 0 Å². The van der Waals surface area contributed by atoms with E-state index in [0.717, 1.165) is 16.7 Å². The van der Waals surface area contributed by atoms with Gasteiger partial charge in [0.25, 0.3) is 0 Å². The number of benzene rings is 2. The summed E-state index contributed by atoms with van der Waals surface area (Å²) in [5.74, 6) is -0.875. The number of hydrogen-bond acceptors (Lipinski definition) is 3. The fourth-order valence-electron chi connectivity index (χ4n) is 3.00. The molecule has 6 heteroatoms. The van der Waals surface area contributed by atoms with Crippen LogP contribution in [0.4, 0.5) is 4.79 Å². The van der Waals surface area contributed by atoms with Crippen LogP contribution in [0.3, 0.4) is 0 Å². The molecule has 1 unspecified atom stereocenters. The van der Waals surface area contributed by atoms with E-state index < -0.39 is 5.97 Å². The largest absolute Gasteiger partial charge is 0.481 e. The molecule has 0 aromatic heterocycles. The van der Waals surface area contributed by atoms with E-state index in [9.17, 15) is 9.59 Å². The number of fused-ring (bicyclic) bond motifs is 1. The fourth-order valence-corrected chi connectivity index (χ4v) is 3.00. The maximum absolute atomic E-state index is 12.6. The van der Waals surface area contributed by atoms with Gasteiger partial charge in [-0.25, -0.2) is 4.79 Å². The summed E-state index contributed by atoms with van der Waals surface area (Å²) in [5.41, 5.74) is 3.18. The van der Waals surface area contributed by atoms with Crippen LogP contribution in [0.15, 0.2) is 54.6 Å². The van der Waals surface area contributed by atoms with Gasteiger partial charge in [-0.2, -0.15) is 5.06 Å². The quantitative estimate of drug-likeness (QED) is 0.835. The van der Waals surface area contributed by atoms with E-state index >= 15 is 0 Å². The molecule has 1 aliphatic rings. The molecule has 1 heterocycles. The van der Waals surface area contributed by atoms with Crippen LogP contribution in [0.25, 0.3) is 0 Å². The van der Waals surface area contributed by atoms with Crippen molar-refractivity contribution in [3.8, 4) is 0 Å². The predicted molar refractivity (Wildman–Crippen MR) is 96.1 cm³/mol. The van der Waals surface area contributed by atoms with Crippen molar-refractivity contribution in [3.05, 3.63) is 71.3 Å². The maximum Gasteiger partial charge on any atom is 0.341 e. The van der Waals surface area contributed by atoms with Crippen molar-refractivity contribution < 1.29 is 19.5 Å². The van der Waals surface area contributed by atoms with Crippen LogP contribution in [0.5, 0.6) is 0 Å². The highest BCUT2D eigenvalue weighted by Gasteiger charge is 2.24. The number of aliphatic carboxylic acids is 1. The van der Waals surface area contributed by atoms with E-state index in [0.29, 0.717) is 26.0 Å². The molecule has 6 nitrogen and oxygen atoms in total. The molecule has 3 rings (SSSR count). The summed E-state index contributed by atoms with van der Waals surface area (Å²) in [6, 6.07) is 16.9. The van der Waals surface area contributed by atoms with E-state index in [-0.39, 0.29) is 18.5 Å². The second-order valence-electron chi connectivity index (χ2n) is 6.35. The molecule has 0 spiro atoms. The lowest BCUT2D eigenvalue weighted by Gasteiger charge is -2.30. The van der Waals surface area contributed by atoms with Gasteiger partial charge in [-0.1, -0.05) is 54.6 Å². The highest BCUT2D eigenvalue weighted by Crippen LogP contribution is 2.20. The first-order valence-corrected chi connectivity index (χ1v) is 8.65. The van der Waals surface area contributed by atoms with Gasteiger partial charge in [-0.15, -0.1) is 0 Å². The normalized spacial score (nSPS) is 14.4. The van der Waals surface area contributed by atoms with Gasteiger partial charge >= 0.3 is 12.0 Å². The molecule has 136 valence electrons. The topological polar surface area (TPSA) is 78.9 Å². The number of carboxylic acids is 1. The van der Waals surface area contributed by atoms with E-state index in [1.807, 2.05) is 54.6 Å². The van der Waals surface area contributed by atoms with Crippen molar-refractivity contribution in [2.45, 2.75) is 38.5 Å². The van der Waals surface area contributed by atoms with Gasteiger partial charge in [0.15, 0.2) is 0 Å². The monoisotopic (exact) mass is 354 g/mol. The first-order valence-electron chi connectivity index (χ1n) is 8.65. The van der Waals surface area contributed by atoms with E-state index in [4.69, 9.17) is 9.94 Å². The Morgan fingerprint density at radius 1 is 1.08 bits per heavy atom. The molecule has 1 atom stereocenters. The number of carbonyl (C=O) groups is 2. The van der Waals surface area contributed by atoms with E-state index in [1.54, 1.807) is 0 Å². The molecule has 0 aliphatic carbocycles. The number of rotatable bonds is 6. The van der Waals surface area contributed by atoms with Gasteiger partial charge in [0.2, 0.25) is 0 Å². The molecular formula is C20H22N2O4. The number of urea groups is 1. The zero-order valence-corrected chi connectivity index (χ0v) is 14.4.